The normalized spacial score (nSPS) is 13.3. The van der Waals surface area contributed by atoms with E-state index in [-0.39, 0.29) is 10.9 Å². The molecular formula is C14H17BrN2O2S2. The van der Waals surface area contributed by atoms with Crippen LogP contribution in [-0.4, -0.2) is 8.42 Å². The number of anilines is 1. The lowest BCUT2D eigenvalue weighted by Crippen LogP contribution is -2.27. The van der Waals surface area contributed by atoms with Crippen LogP contribution in [-0.2, 0) is 10.0 Å². The maximum Gasteiger partial charge on any atom is 0.241 e. The van der Waals surface area contributed by atoms with E-state index < -0.39 is 10.0 Å². The van der Waals surface area contributed by atoms with Gasteiger partial charge in [0.1, 0.15) is 0 Å². The van der Waals surface area contributed by atoms with Crippen molar-refractivity contribution in [3.63, 3.8) is 0 Å². The Morgan fingerprint density at radius 1 is 1.29 bits per heavy atom. The predicted molar refractivity (Wildman–Crippen MR) is 91.1 cm³/mol. The molecule has 1 unspecified atom stereocenters. The van der Waals surface area contributed by atoms with Gasteiger partial charge < -0.3 is 5.73 Å². The first-order chi connectivity index (χ1) is 9.70. The first-order valence-corrected chi connectivity index (χ1v) is 9.44. The lowest BCUT2D eigenvalue weighted by molar-refractivity contribution is 0.568. The summed E-state index contributed by atoms with van der Waals surface area (Å²) in [6.45, 7) is 5.53. The molecule has 0 fully saturated rings. The zero-order chi connectivity index (χ0) is 15.8. The number of nitrogens with one attached hydrogen (secondary N) is 1. The molecule has 0 aliphatic heterocycles. The average molecular weight is 389 g/mol. The van der Waals surface area contributed by atoms with Crippen molar-refractivity contribution < 1.29 is 8.42 Å². The highest BCUT2D eigenvalue weighted by molar-refractivity contribution is 9.10. The van der Waals surface area contributed by atoms with Crippen molar-refractivity contribution in [2.75, 3.05) is 5.73 Å². The first-order valence-electron chi connectivity index (χ1n) is 6.35. The number of thiophene rings is 1. The van der Waals surface area contributed by atoms with Gasteiger partial charge in [-0.05, 0) is 50.6 Å². The summed E-state index contributed by atoms with van der Waals surface area (Å²) in [5.74, 6) is 0. The Morgan fingerprint density at radius 3 is 2.52 bits per heavy atom. The summed E-state index contributed by atoms with van der Waals surface area (Å²) in [7, 11) is -3.63. The van der Waals surface area contributed by atoms with E-state index in [0.29, 0.717) is 15.7 Å². The van der Waals surface area contributed by atoms with Crippen LogP contribution in [0, 0.1) is 13.8 Å². The Bertz CT molecular complexity index is 769. The lowest BCUT2D eigenvalue weighted by Gasteiger charge is -2.15. The Hall–Kier alpha value is -0.890. The molecule has 1 heterocycles. The van der Waals surface area contributed by atoms with Crippen LogP contribution < -0.4 is 10.5 Å². The van der Waals surface area contributed by atoms with E-state index in [4.69, 9.17) is 5.73 Å². The number of rotatable bonds is 4. The highest BCUT2D eigenvalue weighted by atomic mass is 79.9. The molecule has 0 spiro atoms. The van der Waals surface area contributed by atoms with Crippen LogP contribution in [0.25, 0.3) is 0 Å². The second kappa shape index (κ2) is 6.08. The Morgan fingerprint density at radius 2 is 1.95 bits per heavy atom. The monoisotopic (exact) mass is 388 g/mol. The van der Waals surface area contributed by atoms with E-state index in [9.17, 15) is 8.42 Å². The van der Waals surface area contributed by atoms with Gasteiger partial charge in [-0.1, -0.05) is 15.9 Å². The summed E-state index contributed by atoms with van der Waals surface area (Å²) in [6.07, 6.45) is 0. The SMILES string of the molecule is Cc1ccc(C(C)NS(=O)(=O)c2cc(Br)cc(N)c2C)s1. The van der Waals surface area contributed by atoms with Crippen LogP contribution in [0.4, 0.5) is 5.69 Å². The number of benzene rings is 1. The van der Waals surface area contributed by atoms with Crippen molar-refractivity contribution in [1.82, 2.24) is 4.72 Å². The highest BCUT2D eigenvalue weighted by Gasteiger charge is 2.22. The van der Waals surface area contributed by atoms with Crippen LogP contribution in [0.1, 0.15) is 28.3 Å². The number of sulfonamides is 1. The molecule has 0 radical (unpaired) electrons. The molecule has 4 nitrogen and oxygen atoms in total. The quantitative estimate of drug-likeness (QED) is 0.783. The van der Waals surface area contributed by atoms with Crippen LogP contribution in [0.5, 0.6) is 0 Å². The maximum atomic E-state index is 12.6. The fourth-order valence-electron chi connectivity index (χ4n) is 1.99. The first kappa shape index (κ1) is 16.5. The minimum absolute atomic E-state index is 0.203. The zero-order valence-corrected chi connectivity index (χ0v) is 15.2. The van der Waals surface area contributed by atoms with E-state index >= 15 is 0 Å². The maximum absolute atomic E-state index is 12.6. The van der Waals surface area contributed by atoms with Crippen molar-refractivity contribution in [3.8, 4) is 0 Å². The van der Waals surface area contributed by atoms with E-state index in [1.807, 2.05) is 26.0 Å². The molecule has 2 aromatic rings. The van der Waals surface area contributed by atoms with Gasteiger partial charge in [0.05, 0.1) is 10.9 Å². The molecule has 114 valence electrons. The van der Waals surface area contributed by atoms with E-state index in [1.54, 1.807) is 30.4 Å². The summed E-state index contributed by atoms with van der Waals surface area (Å²) >= 11 is 4.87. The summed E-state index contributed by atoms with van der Waals surface area (Å²) < 4.78 is 28.5. The van der Waals surface area contributed by atoms with Crippen LogP contribution >= 0.6 is 27.3 Å². The molecule has 7 heteroatoms. The van der Waals surface area contributed by atoms with Gasteiger partial charge in [0, 0.05) is 19.9 Å². The van der Waals surface area contributed by atoms with Crippen LogP contribution in [0.2, 0.25) is 0 Å². The van der Waals surface area contributed by atoms with Gasteiger partial charge in [0.25, 0.3) is 0 Å². The van der Waals surface area contributed by atoms with Crippen molar-refractivity contribution >= 4 is 43.0 Å². The standard InChI is InChI=1S/C14H17BrN2O2S2/c1-8-4-5-13(20-8)10(3)17-21(18,19)14-7-11(15)6-12(16)9(14)2/h4-7,10,17H,16H2,1-3H3. The molecule has 3 N–H and O–H groups in total. The third-order valence-corrected chi connectivity index (χ3v) is 6.48. The number of halogens is 1. The summed E-state index contributed by atoms with van der Waals surface area (Å²) in [5.41, 5.74) is 6.85. The molecule has 0 saturated carbocycles. The molecular weight excluding hydrogens is 372 g/mol. The van der Waals surface area contributed by atoms with Gasteiger partial charge in [0.2, 0.25) is 10.0 Å². The molecule has 1 atom stereocenters. The molecule has 0 bridgehead atoms. The summed E-state index contributed by atoms with van der Waals surface area (Å²) in [6, 6.07) is 6.90. The van der Waals surface area contributed by atoms with Gasteiger partial charge in [-0.25, -0.2) is 13.1 Å². The highest BCUT2D eigenvalue weighted by Crippen LogP contribution is 2.28. The van der Waals surface area contributed by atoms with E-state index in [1.165, 1.54) is 0 Å². The van der Waals surface area contributed by atoms with Gasteiger partial charge in [-0.15, -0.1) is 11.3 Å². The topological polar surface area (TPSA) is 72.2 Å². The van der Waals surface area contributed by atoms with E-state index in [2.05, 4.69) is 20.7 Å². The lowest BCUT2D eigenvalue weighted by atomic mass is 10.2. The number of hydrogen-bond donors (Lipinski definition) is 2. The van der Waals surface area contributed by atoms with Gasteiger partial charge in [0.15, 0.2) is 0 Å². The van der Waals surface area contributed by atoms with Crippen molar-refractivity contribution in [1.29, 1.82) is 0 Å². The fraction of sp³-hybridized carbons (Fsp3) is 0.286. The molecule has 0 saturated heterocycles. The van der Waals surface area contributed by atoms with Gasteiger partial charge in [-0.2, -0.15) is 0 Å². The summed E-state index contributed by atoms with van der Waals surface area (Å²) in [5, 5.41) is 0. The molecule has 2 rings (SSSR count). The van der Waals surface area contributed by atoms with Gasteiger partial charge in [-0.3, -0.25) is 0 Å². The van der Waals surface area contributed by atoms with Crippen molar-refractivity contribution in [2.45, 2.75) is 31.7 Å². The number of hydrogen-bond acceptors (Lipinski definition) is 4. The predicted octanol–water partition coefficient (Wildman–Crippen LogP) is 3.75. The smallest absolute Gasteiger partial charge is 0.241 e. The zero-order valence-electron chi connectivity index (χ0n) is 12.0. The average Bonchev–Trinajstić information content (AvgIpc) is 2.80. The van der Waals surface area contributed by atoms with Gasteiger partial charge >= 0.3 is 0 Å². The second-order valence-corrected chi connectivity index (χ2v) is 8.83. The van der Waals surface area contributed by atoms with Crippen molar-refractivity contribution in [3.05, 3.63) is 44.1 Å². The third-order valence-electron chi connectivity index (χ3n) is 3.17. The van der Waals surface area contributed by atoms with E-state index in [0.717, 1.165) is 9.75 Å². The Kier molecular flexibility index (Phi) is 4.77. The fourth-order valence-corrected chi connectivity index (χ4v) is 5.10. The largest absolute Gasteiger partial charge is 0.398 e. The Labute approximate surface area is 137 Å². The summed E-state index contributed by atoms with van der Waals surface area (Å²) in [4.78, 5) is 2.34. The molecule has 1 aromatic carbocycles. The van der Waals surface area contributed by atoms with Crippen molar-refractivity contribution in [2.24, 2.45) is 0 Å². The Balaban J connectivity index is 2.35. The minimum Gasteiger partial charge on any atom is -0.398 e. The third kappa shape index (κ3) is 3.66. The molecule has 0 aliphatic rings. The molecule has 0 aliphatic carbocycles. The number of nitrogen functional groups attached to an aromatic ring is 1. The minimum atomic E-state index is -3.63. The molecule has 21 heavy (non-hydrogen) atoms. The molecule has 0 amide bonds. The number of nitrogens with two attached hydrogens (primary N) is 1. The van der Waals surface area contributed by atoms with Crippen LogP contribution in [0.3, 0.4) is 0 Å². The van der Waals surface area contributed by atoms with Crippen LogP contribution in [0.15, 0.2) is 33.6 Å². The molecule has 1 aromatic heterocycles. The second-order valence-electron chi connectivity index (χ2n) is 4.91. The number of aryl methyl sites for hydroxylation is 1.